The number of ether oxygens (including phenoxy) is 1. The third-order valence-corrected chi connectivity index (χ3v) is 2.10. The zero-order valence-corrected chi connectivity index (χ0v) is 9.06. The van der Waals surface area contributed by atoms with Gasteiger partial charge in [-0.05, 0) is 6.92 Å². The molecule has 0 aliphatic rings. The summed E-state index contributed by atoms with van der Waals surface area (Å²) in [5.41, 5.74) is -1.08. The fourth-order valence-corrected chi connectivity index (χ4v) is 1.09. The van der Waals surface area contributed by atoms with Crippen LogP contribution in [0.3, 0.4) is 0 Å². The number of carbonyl (C=O) groups is 2. The maximum Gasteiger partial charge on any atom is 0.316 e. The van der Waals surface area contributed by atoms with Crippen molar-refractivity contribution in [3.05, 3.63) is 10.1 Å². The molecule has 6 heteroatoms. The van der Waals surface area contributed by atoms with E-state index in [1.54, 1.807) is 6.92 Å². The molecule has 0 unspecified atom stereocenters. The normalized spacial score (nSPS) is 13.0. The molecule has 0 N–H and O–H groups in total. The molecule has 6 nitrogen and oxygen atoms in total. The van der Waals surface area contributed by atoms with Crippen molar-refractivity contribution in [2.24, 2.45) is 11.3 Å². The van der Waals surface area contributed by atoms with E-state index in [1.807, 2.05) is 0 Å². The molecule has 86 valence electrons. The number of hydrogen-bond donors (Lipinski definition) is 0. The van der Waals surface area contributed by atoms with E-state index >= 15 is 0 Å². The van der Waals surface area contributed by atoms with Gasteiger partial charge in [0.15, 0.2) is 0 Å². The zero-order chi connectivity index (χ0) is 12.1. The highest BCUT2D eigenvalue weighted by molar-refractivity contribution is 5.78. The molecule has 0 bridgehead atoms. The van der Waals surface area contributed by atoms with E-state index in [-0.39, 0.29) is 6.61 Å². The largest absolute Gasteiger partial charge is 0.466 e. The molecule has 0 aromatic carbocycles. The van der Waals surface area contributed by atoms with Crippen molar-refractivity contribution in [3.63, 3.8) is 0 Å². The molecule has 0 fully saturated rings. The van der Waals surface area contributed by atoms with E-state index in [0.29, 0.717) is 6.29 Å². The standard InChI is InChI=1S/C9H15NO5/c1-4-15-8(12)7(5-10(13)14)9(2,3)6-11/h6-7H,4-5H2,1-3H3/t7-/m0/s1. The molecule has 0 aromatic rings. The minimum atomic E-state index is -1.08. The van der Waals surface area contributed by atoms with Gasteiger partial charge in [-0.15, -0.1) is 0 Å². The van der Waals surface area contributed by atoms with Crippen LogP contribution in [0.5, 0.6) is 0 Å². The Morgan fingerprint density at radius 2 is 2.13 bits per heavy atom. The second kappa shape index (κ2) is 5.43. The van der Waals surface area contributed by atoms with Crippen molar-refractivity contribution >= 4 is 12.3 Å². The van der Waals surface area contributed by atoms with Crippen molar-refractivity contribution in [1.29, 1.82) is 0 Å². The average Bonchev–Trinajstić information content (AvgIpc) is 2.14. The van der Waals surface area contributed by atoms with Crippen molar-refractivity contribution in [1.82, 2.24) is 0 Å². The summed E-state index contributed by atoms with van der Waals surface area (Å²) in [6, 6.07) is 0. The third-order valence-electron chi connectivity index (χ3n) is 2.10. The number of aldehydes is 1. The van der Waals surface area contributed by atoms with E-state index < -0.39 is 28.8 Å². The molecular weight excluding hydrogens is 202 g/mol. The van der Waals surface area contributed by atoms with Gasteiger partial charge in [0.2, 0.25) is 6.54 Å². The lowest BCUT2D eigenvalue weighted by Crippen LogP contribution is -2.38. The number of carbonyl (C=O) groups excluding carboxylic acids is 2. The van der Waals surface area contributed by atoms with Crippen LogP contribution < -0.4 is 0 Å². The first kappa shape index (κ1) is 13.5. The number of nitrogens with zero attached hydrogens (tertiary/aromatic N) is 1. The SMILES string of the molecule is CCOC(=O)[C@H](C[N+](=O)[O-])C(C)(C)C=O. The van der Waals surface area contributed by atoms with Crippen LogP contribution >= 0.6 is 0 Å². The van der Waals surface area contributed by atoms with Crippen LogP contribution in [0.1, 0.15) is 20.8 Å². The highest BCUT2D eigenvalue weighted by atomic mass is 16.6. The first-order valence-electron chi connectivity index (χ1n) is 4.60. The third kappa shape index (κ3) is 4.05. The van der Waals surface area contributed by atoms with Crippen LogP contribution in [0.15, 0.2) is 0 Å². The lowest BCUT2D eigenvalue weighted by atomic mass is 9.80. The monoisotopic (exact) mass is 217 g/mol. The van der Waals surface area contributed by atoms with Gasteiger partial charge in [-0.25, -0.2) is 0 Å². The summed E-state index contributed by atoms with van der Waals surface area (Å²) in [4.78, 5) is 31.9. The van der Waals surface area contributed by atoms with Crippen molar-refractivity contribution in [2.45, 2.75) is 20.8 Å². The minimum Gasteiger partial charge on any atom is -0.466 e. The van der Waals surface area contributed by atoms with Gasteiger partial charge >= 0.3 is 5.97 Å². The predicted octanol–water partition coefficient (Wildman–Crippen LogP) is 0.668. The second-order valence-corrected chi connectivity index (χ2v) is 3.76. The Hall–Kier alpha value is -1.46. The Morgan fingerprint density at radius 3 is 2.47 bits per heavy atom. The molecule has 0 radical (unpaired) electrons. The van der Waals surface area contributed by atoms with Gasteiger partial charge < -0.3 is 9.53 Å². The van der Waals surface area contributed by atoms with Gasteiger partial charge in [0, 0.05) is 10.3 Å². The van der Waals surface area contributed by atoms with Gasteiger partial charge in [0.25, 0.3) is 0 Å². The lowest BCUT2D eigenvalue weighted by molar-refractivity contribution is -0.488. The van der Waals surface area contributed by atoms with Crippen LogP contribution in [-0.2, 0) is 14.3 Å². The average molecular weight is 217 g/mol. The van der Waals surface area contributed by atoms with Gasteiger partial charge in [-0.3, -0.25) is 14.9 Å². The Labute approximate surface area is 87.7 Å². The maximum atomic E-state index is 11.4. The molecule has 1 atom stereocenters. The van der Waals surface area contributed by atoms with Gasteiger partial charge in [-0.2, -0.15) is 0 Å². The van der Waals surface area contributed by atoms with E-state index in [2.05, 4.69) is 0 Å². The molecule has 0 rings (SSSR count). The second-order valence-electron chi connectivity index (χ2n) is 3.76. The number of hydrogen-bond acceptors (Lipinski definition) is 5. The van der Waals surface area contributed by atoms with Crippen molar-refractivity contribution in [2.75, 3.05) is 13.2 Å². The summed E-state index contributed by atoms with van der Waals surface area (Å²) < 4.78 is 4.69. The summed E-state index contributed by atoms with van der Waals surface area (Å²) in [5.74, 6) is -1.74. The van der Waals surface area contributed by atoms with Crippen LogP contribution in [0, 0.1) is 21.4 Å². The maximum absolute atomic E-state index is 11.4. The molecule has 0 amide bonds. The van der Waals surface area contributed by atoms with E-state index in [9.17, 15) is 19.7 Å². The zero-order valence-electron chi connectivity index (χ0n) is 9.06. The quantitative estimate of drug-likeness (QED) is 0.282. The Kier molecular flexibility index (Phi) is 4.90. The molecule has 0 aliphatic carbocycles. The van der Waals surface area contributed by atoms with Gasteiger partial charge in [-0.1, -0.05) is 13.8 Å². The lowest BCUT2D eigenvalue weighted by Gasteiger charge is -2.23. The Morgan fingerprint density at radius 1 is 1.60 bits per heavy atom. The Balaban J connectivity index is 4.79. The van der Waals surface area contributed by atoms with E-state index in [4.69, 9.17) is 4.74 Å². The Bertz CT molecular complexity index is 261. The fourth-order valence-electron chi connectivity index (χ4n) is 1.09. The molecule has 0 aromatic heterocycles. The van der Waals surface area contributed by atoms with Crippen LogP contribution in [0.25, 0.3) is 0 Å². The minimum absolute atomic E-state index is 0.141. The predicted molar refractivity (Wildman–Crippen MR) is 51.8 cm³/mol. The van der Waals surface area contributed by atoms with Gasteiger partial charge in [0.05, 0.1) is 6.61 Å². The van der Waals surface area contributed by atoms with E-state index in [1.165, 1.54) is 13.8 Å². The first-order chi connectivity index (χ1) is 6.85. The molecule has 0 saturated carbocycles. The summed E-state index contributed by atoms with van der Waals surface area (Å²) in [6.07, 6.45) is 0.540. The summed E-state index contributed by atoms with van der Waals surface area (Å²) in [6.45, 7) is 4.11. The first-order valence-corrected chi connectivity index (χ1v) is 4.60. The summed E-state index contributed by atoms with van der Waals surface area (Å²) in [5, 5.41) is 10.4. The van der Waals surface area contributed by atoms with Crippen LogP contribution in [0.4, 0.5) is 0 Å². The van der Waals surface area contributed by atoms with Crippen molar-refractivity contribution < 1.29 is 19.2 Å². The van der Waals surface area contributed by atoms with Crippen molar-refractivity contribution in [3.8, 4) is 0 Å². The number of esters is 1. The van der Waals surface area contributed by atoms with Crippen LogP contribution in [0.2, 0.25) is 0 Å². The number of rotatable bonds is 6. The fraction of sp³-hybridized carbons (Fsp3) is 0.778. The smallest absolute Gasteiger partial charge is 0.316 e. The molecule has 0 heterocycles. The highest BCUT2D eigenvalue weighted by Gasteiger charge is 2.40. The topological polar surface area (TPSA) is 86.5 Å². The number of nitro groups is 1. The van der Waals surface area contributed by atoms with Crippen LogP contribution in [-0.4, -0.2) is 30.3 Å². The molecule has 0 aliphatic heterocycles. The molecule has 15 heavy (non-hydrogen) atoms. The summed E-state index contributed by atoms with van der Waals surface area (Å²) >= 11 is 0. The molecular formula is C9H15NO5. The van der Waals surface area contributed by atoms with Gasteiger partial charge in [0.1, 0.15) is 12.2 Å². The summed E-state index contributed by atoms with van der Waals surface area (Å²) in [7, 11) is 0. The highest BCUT2D eigenvalue weighted by Crippen LogP contribution is 2.25. The van der Waals surface area contributed by atoms with E-state index in [0.717, 1.165) is 0 Å². The molecule has 0 spiro atoms. The molecule has 0 saturated heterocycles.